The quantitative estimate of drug-likeness (QED) is 0.680. The second kappa shape index (κ2) is 6.70. The van der Waals surface area contributed by atoms with Gasteiger partial charge in [-0.25, -0.2) is 14.8 Å². The Hall–Kier alpha value is -0.910. The van der Waals surface area contributed by atoms with E-state index in [1.807, 2.05) is 12.4 Å². The zero-order valence-electron chi connectivity index (χ0n) is 12.1. The lowest BCUT2D eigenvalue weighted by Gasteiger charge is -2.31. The lowest BCUT2D eigenvalue weighted by Crippen LogP contribution is -2.32. The fourth-order valence-electron chi connectivity index (χ4n) is 3.09. The first-order valence-electron chi connectivity index (χ1n) is 7.76. The van der Waals surface area contributed by atoms with Crippen LogP contribution in [0.4, 0.5) is 0 Å². The predicted octanol–water partition coefficient (Wildman–Crippen LogP) is 3.16. The van der Waals surface area contributed by atoms with Crippen molar-refractivity contribution < 1.29 is 14.5 Å². The van der Waals surface area contributed by atoms with Crippen LogP contribution in [0.15, 0.2) is 12.4 Å². The largest absolute Gasteiger partial charge is 0.349 e. The number of nitrogens with one attached hydrogen (secondary N) is 1. The van der Waals surface area contributed by atoms with Crippen molar-refractivity contribution >= 4 is 0 Å². The van der Waals surface area contributed by atoms with Crippen molar-refractivity contribution in [2.45, 2.75) is 63.8 Å². The highest BCUT2D eigenvalue weighted by Crippen LogP contribution is 2.33. The minimum atomic E-state index is -0.188. The Bertz CT molecular complexity index is 388. The standard InChI is InChI=1S/C15H24N2O3/c1-11-3-2-10-18-15(11)20-19-13-6-4-12(5-7-13)14-16-8-9-17-14/h8-9,11-13,15H,2-7,10H2,1H3,(H,16,17). The topological polar surface area (TPSA) is 56.4 Å². The van der Waals surface area contributed by atoms with E-state index in [9.17, 15) is 0 Å². The molecule has 5 nitrogen and oxygen atoms in total. The van der Waals surface area contributed by atoms with Gasteiger partial charge in [-0.1, -0.05) is 6.92 Å². The minimum Gasteiger partial charge on any atom is -0.349 e. The van der Waals surface area contributed by atoms with Crippen LogP contribution in [0.2, 0.25) is 0 Å². The van der Waals surface area contributed by atoms with E-state index in [1.165, 1.54) is 0 Å². The molecule has 3 rings (SSSR count). The van der Waals surface area contributed by atoms with E-state index in [0.717, 1.165) is 51.0 Å². The van der Waals surface area contributed by atoms with Crippen molar-refractivity contribution in [3.8, 4) is 0 Å². The summed E-state index contributed by atoms with van der Waals surface area (Å²) in [6, 6.07) is 0. The molecule has 2 atom stereocenters. The van der Waals surface area contributed by atoms with Gasteiger partial charge in [0.25, 0.3) is 0 Å². The van der Waals surface area contributed by atoms with Crippen LogP contribution in [0.25, 0.3) is 0 Å². The van der Waals surface area contributed by atoms with Crippen LogP contribution < -0.4 is 0 Å². The third-order valence-corrected chi connectivity index (χ3v) is 4.42. The number of nitrogens with zero attached hydrogens (tertiary/aromatic N) is 1. The van der Waals surface area contributed by atoms with Gasteiger partial charge in [0.1, 0.15) is 5.82 Å². The number of aromatic nitrogens is 2. The third kappa shape index (κ3) is 3.40. The number of hydrogen-bond acceptors (Lipinski definition) is 4. The summed E-state index contributed by atoms with van der Waals surface area (Å²) in [7, 11) is 0. The van der Waals surface area contributed by atoms with E-state index in [-0.39, 0.29) is 12.4 Å². The second-order valence-corrected chi connectivity index (χ2v) is 6.00. The van der Waals surface area contributed by atoms with Gasteiger partial charge in [-0.3, -0.25) is 0 Å². The molecule has 0 aromatic carbocycles. The molecule has 2 unspecified atom stereocenters. The van der Waals surface area contributed by atoms with Gasteiger partial charge in [0.15, 0.2) is 6.29 Å². The van der Waals surface area contributed by atoms with E-state index in [0.29, 0.717) is 11.8 Å². The SMILES string of the molecule is CC1CCCOC1OOC1CCC(c2ncc[nH]2)CC1. The molecule has 1 aliphatic heterocycles. The summed E-state index contributed by atoms with van der Waals surface area (Å²) >= 11 is 0. The molecule has 1 aromatic heterocycles. The van der Waals surface area contributed by atoms with Crippen molar-refractivity contribution in [1.82, 2.24) is 9.97 Å². The Balaban J connectivity index is 1.40. The first kappa shape index (κ1) is 14.0. The second-order valence-electron chi connectivity index (χ2n) is 6.00. The van der Waals surface area contributed by atoms with Gasteiger partial charge >= 0.3 is 0 Å². The molecule has 5 heteroatoms. The van der Waals surface area contributed by atoms with Gasteiger partial charge in [-0.15, -0.1) is 0 Å². The van der Waals surface area contributed by atoms with Crippen molar-refractivity contribution in [2.75, 3.05) is 6.61 Å². The van der Waals surface area contributed by atoms with Crippen LogP contribution in [0.5, 0.6) is 0 Å². The van der Waals surface area contributed by atoms with Gasteiger partial charge in [0, 0.05) is 30.8 Å². The zero-order valence-corrected chi connectivity index (χ0v) is 12.1. The van der Waals surface area contributed by atoms with E-state index in [4.69, 9.17) is 14.5 Å². The molecule has 2 fully saturated rings. The molecule has 20 heavy (non-hydrogen) atoms. The van der Waals surface area contributed by atoms with Gasteiger partial charge in [0.05, 0.1) is 6.10 Å². The monoisotopic (exact) mass is 280 g/mol. The highest BCUT2D eigenvalue weighted by Gasteiger charge is 2.28. The van der Waals surface area contributed by atoms with Gasteiger partial charge in [-0.2, -0.15) is 0 Å². The summed E-state index contributed by atoms with van der Waals surface area (Å²) in [4.78, 5) is 18.7. The van der Waals surface area contributed by atoms with E-state index in [2.05, 4.69) is 16.9 Å². The number of hydrogen-bond donors (Lipinski definition) is 1. The maximum absolute atomic E-state index is 5.60. The minimum absolute atomic E-state index is 0.188. The van der Waals surface area contributed by atoms with Crippen LogP contribution in [0.1, 0.15) is 57.2 Å². The molecular formula is C15H24N2O3. The van der Waals surface area contributed by atoms with Crippen LogP contribution in [0, 0.1) is 5.92 Å². The number of H-pyrrole nitrogens is 1. The van der Waals surface area contributed by atoms with Crippen molar-refractivity contribution in [1.29, 1.82) is 0 Å². The molecule has 1 aliphatic carbocycles. The lowest BCUT2D eigenvalue weighted by molar-refractivity contribution is -0.415. The van der Waals surface area contributed by atoms with Gasteiger partial charge < -0.3 is 9.72 Å². The van der Waals surface area contributed by atoms with Gasteiger partial charge in [-0.05, 0) is 38.5 Å². The fourth-order valence-corrected chi connectivity index (χ4v) is 3.09. The maximum atomic E-state index is 5.60. The van der Waals surface area contributed by atoms with Crippen molar-refractivity contribution in [3.63, 3.8) is 0 Å². The normalized spacial score (nSPS) is 35.0. The summed E-state index contributed by atoms with van der Waals surface area (Å²) in [6.45, 7) is 2.94. The first-order valence-corrected chi connectivity index (χ1v) is 7.76. The van der Waals surface area contributed by atoms with E-state index in [1.54, 1.807) is 0 Å². The molecule has 0 spiro atoms. The van der Waals surface area contributed by atoms with Crippen LogP contribution >= 0.6 is 0 Å². The Labute approximate surface area is 119 Å². The van der Waals surface area contributed by atoms with Crippen molar-refractivity contribution in [2.24, 2.45) is 5.92 Å². The maximum Gasteiger partial charge on any atom is 0.193 e. The number of rotatable bonds is 4. The molecule has 1 aromatic rings. The average molecular weight is 280 g/mol. The third-order valence-electron chi connectivity index (χ3n) is 4.42. The lowest BCUT2D eigenvalue weighted by atomic mass is 9.87. The van der Waals surface area contributed by atoms with Gasteiger partial charge in [0.2, 0.25) is 0 Å². The summed E-state index contributed by atoms with van der Waals surface area (Å²) < 4.78 is 5.60. The Morgan fingerprint density at radius 2 is 2.05 bits per heavy atom. The summed E-state index contributed by atoms with van der Waals surface area (Å²) in [5.74, 6) is 2.06. The number of ether oxygens (including phenoxy) is 1. The molecule has 1 N–H and O–H groups in total. The number of imidazole rings is 1. The van der Waals surface area contributed by atoms with Crippen LogP contribution in [0.3, 0.4) is 0 Å². The summed E-state index contributed by atoms with van der Waals surface area (Å²) in [5, 5.41) is 0. The molecule has 0 bridgehead atoms. The van der Waals surface area contributed by atoms with Crippen molar-refractivity contribution in [3.05, 3.63) is 18.2 Å². The Morgan fingerprint density at radius 3 is 2.75 bits per heavy atom. The molecule has 1 saturated carbocycles. The van der Waals surface area contributed by atoms with E-state index < -0.39 is 0 Å². The molecule has 1 saturated heterocycles. The average Bonchev–Trinajstić information content (AvgIpc) is 3.01. The smallest absolute Gasteiger partial charge is 0.193 e. The molecule has 0 radical (unpaired) electrons. The van der Waals surface area contributed by atoms with Crippen LogP contribution in [-0.2, 0) is 14.5 Å². The molecular weight excluding hydrogens is 256 g/mol. The molecule has 0 amide bonds. The highest BCUT2D eigenvalue weighted by molar-refractivity contribution is 4.98. The first-order chi connectivity index (χ1) is 9.83. The van der Waals surface area contributed by atoms with E-state index >= 15 is 0 Å². The molecule has 2 aliphatic rings. The number of aromatic amines is 1. The zero-order chi connectivity index (χ0) is 13.8. The summed E-state index contributed by atoms with van der Waals surface area (Å²) in [5.41, 5.74) is 0. The fraction of sp³-hybridized carbons (Fsp3) is 0.800. The molecule has 2 heterocycles. The molecule has 112 valence electrons. The Kier molecular flexibility index (Phi) is 4.70. The Morgan fingerprint density at radius 1 is 1.20 bits per heavy atom. The highest BCUT2D eigenvalue weighted by atomic mass is 17.2. The summed E-state index contributed by atoms with van der Waals surface area (Å²) in [6.07, 6.45) is 10.2. The predicted molar refractivity (Wildman–Crippen MR) is 73.9 cm³/mol. The van der Waals surface area contributed by atoms with Crippen LogP contribution in [-0.4, -0.2) is 29.0 Å².